The molecule has 0 atom stereocenters. The number of amides is 3. The van der Waals surface area contributed by atoms with Crippen LogP contribution in [0.3, 0.4) is 0 Å². The maximum atomic E-state index is 13.6. The molecule has 9 heteroatoms. The van der Waals surface area contributed by atoms with Crippen LogP contribution < -0.4 is 9.64 Å². The molecule has 6 nitrogen and oxygen atoms in total. The number of nitrogens with zero attached hydrogens (tertiary/aromatic N) is 2. The number of carbonyl (C=O) groups excluding carboxylic acids is 3. The van der Waals surface area contributed by atoms with Crippen LogP contribution in [0.1, 0.15) is 45.7 Å². The topological polar surface area (TPSA) is 66.9 Å². The SMILES string of the molecule is COc1ccc2c(c1)C(C)(C)c1c(ssc1=S)N2C(=O)CN1C(=O)c2ccccc2C1=O. The molecule has 5 rings (SSSR count). The highest BCUT2D eigenvalue weighted by Crippen LogP contribution is 2.54. The number of hydrogen-bond donors (Lipinski definition) is 0. The fraction of sp³-hybridized carbons (Fsp3) is 0.217. The molecule has 0 aliphatic carbocycles. The van der Waals surface area contributed by atoms with Crippen molar-refractivity contribution >= 4 is 61.3 Å². The molecule has 2 aliphatic rings. The number of methoxy groups -OCH3 is 1. The van der Waals surface area contributed by atoms with Crippen molar-refractivity contribution in [2.45, 2.75) is 19.3 Å². The van der Waals surface area contributed by atoms with Crippen LogP contribution in [0.15, 0.2) is 42.5 Å². The van der Waals surface area contributed by atoms with Crippen LogP contribution in [-0.4, -0.2) is 36.3 Å². The first kappa shape index (κ1) is 21.0. The Balaban J connectivity index is 1.59. The van der Waals surface area contributed by atoms with Gasteiger partial charge in [-0.05, 0) is 35.9 Å². The Morgan fingerprint density at radius 3 is 2.34 bits per heavy atom. The Kier molecular flexibility index (Phi) is 4.81. The lowest BCUT2D eigenvalue weighted by atomic mass is 9.76. The average Bonchev–Trinajstić information content (AvgIpc) is 3.28. The van der Waals surface area contributed by atoms with E-state index in [9.17, 15) is 14.4 Å². The van der Waals surface area contributed by atoms with E-state index in [-0.39, 0.29) is 12.5 Å². The van der Waals surface area contributed by atoms with Crippen molar-refractivity contribution in [1.29, 1.82) is 0 Å². The van der Waals surface area contributed by atoms with Crippen LogP contribution in [0.2, 0.25) is 0 Å². The molecule has 32 heavy (non-hydrogen) atoms. The van der Waals surface area contributed by atoms with Gasteiger partial charge in [0.2, 0.25) is 0 Å². The van der Waals surface area contributed by atoms with E-state index < -0.39 is 17.2 Å². The third-order valence-electron chi connectivity index (χ3n) is 5.98. The molecule has 2 aliphatic heterocycles. The van der Waals surface area contributed by atoms with Crippen molar-refractivity contribution in [3.05, 3.63) is 68.5 Å². The molecule has 3 heterocycles. The van der Waals surface area contributed by atoms with Crippen LogP contribution in [0, 0.1) is 3.82 Å². The second-order valence-electron chi connectivity index (χ2n) is 8.11. The van der Waals surface area contributed by atoms with Crippen molar-refractivity contribution < 1.29 is 19.1 Å². The fourth-order valence-electron chi connectivity index (χ4n) is 4.34. The van der Waals surface area contributed by atoms with E-state index in [2.05, 4.69) is 13.8 Å². The number of ether oxygens (including phenoxy) is 1. The Hall–Kier alpha value is -2.88. The summed E-state index contributed by atoms with van der Waals surface area (Å²) in [4.78, 5) is 41.9. The smallest absolute Gasteiger partial charge is 0.262 e. The first-order chi connectivity index (χ1) is 15.3. The van der Waals surface area contributed by atoms with Gasteiger partial charge in [0.25, 0.3) is 17.7 Å². The van der Waals surface area contributed by atoms with E-state index in [4.69, 9.17) is 17.0 Å². The zero-order chi connectivity index (χ0) is 22.8. The van der Waals surface area contributed by atoms with Crippen molar-refractivity contribution in [3.8, 4) is 5.75 Å². The molecular formula is C23H18N2O4S3. The highest BCUT2D eigenvalue weighted by atomic mass is 32.9. The number of benzene rings is 2. The van der Waals surface area contributed by atoms with Crippen molar-refractivity contribution in [2.24, 2.45) is 0 Å². The molecule has 0 N–H and O–H groups in total. The van der Waals surface area contributed by atoms with Gasteiger partial charge in [0.15, 0.2) is 0 Å². The molecule has 0 saturated heterocycles. The fourth-order valence-corrected chi connectivity index (χ4v) is 7.62. The molecule has 0 radical (unpaired) electrons. The van der Waals surface area contributed by atoms with E-state index >= 15 is 0 Å². The van der Waals surface area contributed by atoms with E-state index in [1.807, 2.05) is 12.1 Å². The van der Waals surface area contributed by atoms with E-state index in [1.165, 1.54) is 20.7 Å². The highest BCUT2D eigenvalue weighted by Gasteiger charge is 2.43. The van der Waals surface area contributed by atoms with Crippen LogP contribution in [0.4, 0.5) is 10.7 Å². The van der Waals surface area contributed by atoms with Crippen molar-refractivity contribution in [1.82, 2.24) is 4.90 Å². The zero-order valence-electron chi connectivity index (χ0n) is 17.5. The van der Waals surface area contributed by atoms with E-state index in [0.29, 0.717) is 22.6 Å². The van der Waals surface area contributed by atoms with Crippen LogP contribution in [0.25, 0.3) is 0 Å². The first-order valence-corrected chi connectivity index (χ1v) is 12.4. The maximum absolute atomic E-state index is 13.6. The van der Waals surface area contributed by atoms with Crippen LogP contribution >= 0.6 is 32.9 Å². The summed E-state index contributed by atoms with van der Waals surface area (Å²) in [6.45, 7) is 3.80. The Labute approximate surface area is 197 Å². The lowest BCUT2D eigenvalue weighted by Crippen LogP contribution is -2.43. The second kappa shape index (κ2) is 7.33. The Morgan fingerprint density at radius 2 is 1.72 bits per heavy atom. The van der Waals surface area contributed by atoms with Gasteiger partial charge in [-0.2, -0.15) is 0 Å². The monoisotopic (exact) mass is 482 g/mol. The summed E-state index contributed by atoms with van der Waals surface area (Å²) >= 11 is 5.62. The predicted molar refractivity (Wildman–Crippen MR) is 127 cm³/mol. The van der Waals surface area contributed by atoms with Gasteiger partial charge in [-0.3, -0.25) is 24.2 Å². The van der Waals surface area contributed by atoms with Gasteiger partial charge >= 0.3 is 0 Å². The van der Waals surface area contributed by atoms with Gasteiger partial charge in [0, 0.05) is 11.0 Å². The summed E-state index contributed by atoms with van der Waals surface area (Å²) in [5.74, 6) is -0.599. The third-order valence-corrected chi connectivity index (χ3v) is 8.96. The minimum absolute atomic E-state index is 0.321. The zero-order valence-corrected chi connectivity index (χ0v) is 20.0. The molecule has 0 unspecified atom stereocenters. The van der Waals surface area contributed by atoms with Gasteiger partial charge < -0.3 is 4.74 Å². The number of anilines is 2. The summed E-state index contributed by atoms with van der Waals surface area (Å²) in [6, 6.07) is 12.2. The summed E-state index contributed by atoms with van der Waals surface area (Å²) in [5.41, 5.74) is 2.72. The highest BCUT2D eigenvalue weighted by molar-refractivity contribution is 7.80. The minimum Gasteiger partial charge on any atom is -0.497 e. The maximum Gasteiger partial charge on any atom is 0.262 e. The molecule has 0 saturated carbocycles. The van der Waals surface area contributed by atoms with Crippen molar-refractivity contribution in [2.75, 3.05) is 18.6 Å². The standard InChI is InChI=1S/C23H18N2O4S3/c1-23(2)15-10-12(29-3)8-9-16(15)25(21-18(23)22(30)32-31-21)17(26)11-24-19(27)13-6-4-5-7-14(13)20(24)28/h4-10H,11H2,1-3H3. The van der Waals surface area contributed by atoms with Crippen molar-refractivity contribution in [3.63, 3.8) is 0 Å². The summed E-state index contributed by atoms with van der Waals surface area (Å²) in [7, 11) is 4.47. The molecule has 0 spiro atoms. The number of rotatable bonds is 3. The normalized spacial score (nSPS) is 16.0. The molecule has 3 aromatic rings. The Bertz CT molecular complexity index is 1340. The van der Waals surface area contributed by atoms with Gasteiger partial charge in [0.1, 0.15) is 21.1 Å². The quantitative estimate of drug-likeness (QED) is 0.294. The van der Waals surface area contributed by atoms with E-state index in [0.717, 1.165) is 24.9 Å². The van der Waals surface area contributed by atoms with Gasteiger partial charge in [-0.25, -0.2) is 0 Å². The summed E-state index contributed by atoms with van der Waals surface area (Å²) < 4.78 is 6.14. The van der Waals surface area contributed by atoms with Crippen LogP contribution in [0.5, 0.6) is 5.75 Å². The summed E-state index contributed by atoms with van der Waals surface area (Å²) in [6.07, 6.45) is 0. The molecule has 0 bridgehead atoms. The Morgan fingerprint density at radius 1 is 1.06 bits per heavy atom. The largest absolute Gasteiger partial charge is 0.497 e. The van der Waals surface area contributed by atoms with Gasteiger partial charge in [0.05, 0.1) is 23.9 Å². The second-order valence-corrected chi connectivity index (χ2v) is 10.9. The van der Waals surface area contributed by atoms with Crippen LogP contribution in [-0.2, 0) is 10.2 Å². The average molecular weight is 483 g/mol. The third kappa shape index (κ3) is 2.88. The molecule has 162 valence electrons. The van der Waals surface area contributed by atoms with E-state index in [1.54, 1.807) is 42.3 Å². The molecular weight excluding hydrogens is 464 g/mol. The van der Waals surface area contributed by atoms with Gasteiger partial charge in [-0.15, -0.1) is 0 Å². The molecule has 2 aromatic carbocycles. The summed E-state index contributed by atoms with van der Waals surface area (Å²) in [5, 5.41) is 0.740. The molecule has 0 fully saturated rings. The number of carbonyl (C=O) groups is 3. The minimum atomic E-state index is -0.454. The first-order valence-electron chi connectivity index (χ1n) is 9.86. The predicted octanol–water partition coefficient (Wildman–Crippen LogP) is 5.15. The molecule has 1 aromatic heterocycles. The number of imide groups is 1. The molecule has 3 amide bonds. The number of fused-ring (bicyclic) bond motifs is 3. The lowest BCUT2D eigenvalue weighted by molar-refractivity contribution is -0.118. The number of hydrogen-bond acceptors (Lipinski definition) is 7. The lowest BCUT2D eigenvalue weighted by Gasteiger charge is -2.38. The van der Waals surface area contributed by atoms with Gasteiger partial charge in [-0.1, -0.05) is 58.9 Å².